The lowest BCUT2D eigenvalue weighted by atomic mass is 10.1. The molecule has 1 heterocycles. The van der Waals surface area contributed by atoms with Crippen molar-refractivity contribution in [1.29, 1.82) is 0 Å². The molecule has 1 aliphatic heterocycles. The lowest BCUT2D eigenvalue weighted by Crippen LogP contribution is -2.22. The number of benzene rings is 1. The molecular formula is C10H11NO2. The fourth-order valence-electron chi connectivity index (χ4n) is 1.45. The van der Waals surface area contributed by atoms with Crippen LogP contribution in [0.15, 0.2) is 30.3 Å². The van der Waals surface area contributed by atoms with Crippen molar-refractivity contribution < 1.29 is 9.63 Å². The van der Waals surface area contributed by atoms with Crippen molar-refractivity contribution >= 4 is 5.97 Å². The predicted molar refractivity (Wildman–Crippen MR) is 47.8 cm³/mol. The van der Waals surface area contributed by atoms with Gasteiger partial charge < -0.3 is 4.84 Å². The van der Waals surface area contributed by atoms with Gasteiger partial charge in [-0.05, 0) is 12.0 Å². The number of carbonyl (C=O) groups excluding carboxylic acids is 1. The second-order valence-corrected chi connectivity index (χ2v) is 3.18. The molecule has 0 spiro atoms. The standard InChI is InChI=1S/C10H11NO2/c12-10-7-9(11-13-10)6-8-4-2-1-3-5-8/h1-5,9,11H,6-7H2/t9-/m0/s1. The lowest BCUT2D eigenvalue weighted by molar-refractivity contribution is -0.143. The molecular weight excluding hydrogens is 166 g/mol. The average Bonchev–Trinajstić information content (AvgIpc) is 2.53. The first kappa shape index (κ1) is 8.26. The first-order valence-electron chi connectivity index (χ1n) is 4.34. The van der Waals surface area contributed by atoms with Gasteiger partial charge >= 0.3 is 5.97 Å². The quantitative estimate of drug-likeness (QED) is 0.733. The normalized spacial score (nSPS) is 21.5. The number of nitrogens with one attached hydrogen (secondary N) is 1. The fraction of sp³-hybridized carbons (Fsp3) is 0.300. The van der Waals surface area contributed by atoms with Gasteiger partial charge in [0, 0.05) is 0 Å². The molecule has 0 saturated carbocycles. The van der Waals surface area contributed by atoms with Crippen LogP contribution in [0.4, 0.5) is 0 Å². The van der Waals surface area contributed by atoms with Crippen molar-refractivity contribution in [3.05, 3.63) is 35.9 Å². The minimum Gasteiger partial charge on any atom is -0.370 e. The zero-order valence-corrected chi connectivity index (χ0v) is 7.19. The maximum atomic E-state index is 10.8. The summed E-state index contributed by atoms with van der Waals surface area (Å²) in [7, 11) is 0. The summed E-state index contributed by atoms with van der Waals surface area (Å²) < 4.78 is 0. The summed E-state index contributed by atoms with van der Waals surface area (Å²) in [6.45, 7) is 0. The molecule has 1 saturated heterocycles. The number of hydrogen-bond donors (Lipinski definition) is 1. The van der Waals surface area contributed by atoms with Crippen LogP contribution in [-0.4, -0.2) is 12.0 Å². The van der Waals surface area contributed by atoms with Gasteiger partial charge in [0.1, 0.15) is 0 Å². The molecule has 1 atom stereocenters. The third kappa shape index (κ3) is 2.06. The molecule has 2 rings (SSSR count). The molecule has 13 heavy (non-hydrogen) atoms. The Hall–Kier alpha value is -1.35. The van der Waals surface area contributed by atoms with E-state index in [1.807, 2.05) is 30.3 Å². The maximum Gasteiger partial charge on any atom is 0.326 e. The Morgan fingerprint density at radius 3 is 2.77 bits per heavy atom. The van der Waals surface area contributed by atoms with Gasteiger partial charge in [0.2, 0.25) is 0 Å². The fourth-order valence-corrected chi connectivity index (χ4v) is 1.45. The molecule has 0 radical (unpaired) electrons. The smallest absolute Gasteiger partial charge is 0.326 e. The van der Waals surface area contributed by atoms with Crippen LogP contribution in [0.2, 0.25) is 0 Å². The van der Waals surface area contributed by atoms with E-state index < -0.39 is 0 Å². The monoisotopic (exact) mass is 177 g/mol. The Labute approximate surface area is 76.7 Å². The van der Waals surface area contributed by atoms with Gasteiger partial charge in [0.05, 0.1) is 12.5 Å². The highest BCUT2D eigenvalue weighted by Gasteiger charge is 2.23. The van der Waals surface area contributed by atoms with Crippen LogP contribution >= 0.6 is 0 Å². The van der Waals surface area contributed by atoms with E-state index in [1.165, 1.54) is 5.56 Å². The van der Waals surface area contributed by atoms with E-state index in [-0.39, 0.29) is 12.0 Å². The van der Waals surface area contributed by atoms with Crippen LogP contribution in [0.3, 0.4) is 0 Å². The van der Waals surface area contributed by atoms with Crippen LogP contribution in [0.5, 0.6) is 0 Å². The van der Waals surface area contributed by atoms with Crippen LogP contribution in [0.25, 0.3) is 0 Å². The van der Waals surface area contributed by atoms with Crippen LogP contribution in [0, 0.1) is 0 Å². The van der Waals surface area contributed by atoms with Crippen molar-refractivity contribution in [3.8, 4) is 0 Å². The summed E-state index contributed by atoms with van der Waals surface area (Å²) in [6.07, 6.45) is 1.31. The van der Waals surface area contributed by atoms with E-state index in [9.17, 15) is 4.79 Å². The molecule has 3 heteroatoms. The zero-order chi connectivity index (χ0) is 9.10. The highest BCUT2D eigenvalue weighted by atomic mass is 16.7. The second kappa shape index (κ2) is 3.58. The molecule has 0 unspecified atom stereocenters. The largest absolute Gasteiger partial charge is 0.370 e. The van der Waals surface area contributed by atoms with E-state index in [4.69, 9.17) is 0 Å². The van der Waals surface area contributed by atoms with Gasteiger partial charge in [-0.15, -0.1) is 5.48 Å². The van der Waals surface area contributed by atoms with E-state index in [0.717, 1.165) is 6.42 Å². The van der Waals surface area contributed by atoms with Crippen LogP contribution < -0.4 is 5.48 Å². The Morgan fingerprint density at radius 1 is 1.38 bits per heavy atom. The summed E-state index contributed by atoms with van der Waals surface area (Å²) in [5, 5.41) is 0. The molecule has 3 nitrogen and oxygen atoms in total. The summed E-state index contributed by atoms with van der Waals surface area (Å²) >= 11 is 0. The highest BCUT2D eigenvalue weighted by Crippen LogP contribution is 2.10. The SMILES string of the molecule is O=C1C[C@H](Cc2ccccc2)NO1. The molecule has 0 bridgehead atoms. The molecule has 0 amide bonds. The minimum absolute atomic E-state index is 0.134. The van der Waals surface area contributed by atoms with Gasteiger partial charge in [-0.1, -0.05) is 30.3 Å². The van der Waals surface area contributed by atoms with E-state index in [0.29, 0.717) is 6.42 Å². The first-order chi connectivity index (χ1) is 6.34. The van der Waals surface area contributed by atoms with Gasteiger partial charge in [0.15, 0.2) is 0 Å². The molecule has 1 aromatic carbocycles. The molecule has 0 aromatic heterocycles. The molecule has 1 aliphatic rings. The van der Waals surface area contributed by atoms with Crippen molar-refractivity contribution in [2.75, 3.05) is 0 Å². The van der Waals surface area contributed by atoms with Gasteiger partial charge in [-0.3, -0.25) is 4.79 Å². The van der Waals surface area contributed by atoms with Crippen LogP contribution in [0.1, 0.15) is 12.0 Å². The van der Waals surface area contributed by atoms with Crippen molar-refractivity contribution in [3.63, 3.8) is 0 Å². The number of rotatable bonds is 2. The molecule has 1 N–H and O–H groups in total. The number of carbonyl (C=O) groups is 1. The third-order valence-electron chi connectivity index (χ3n) is 2.08. The topological polar surface area (TPSA) is 38.3 Å². The van der Waals surface area contributed by atoms with E-state index >= 15 is 0 Å². The minimum atomic E-state index is -0.166. The zero-order valence-electron chi connectivity index (χ0n) is 7.19. The van der Waals surface area contributed by atoms with Gasteiger partial charge in [-0.25, -0.2) is 0 Å². The van der Waals surface area contributed by atoms with Crippen LogP contribution in [-0.2, 0) is 16.1 Å². The first-order valence-corrected chi connectivity index (χ1v) is 4.34. The maximum absolute atomic E-state index is 10.8. The predicted octanol–water partition coefficient (Wildman–Crippen LogP) is 1.05. The summed E-state index contributed by atoms with van der Waals surface area (Å²) in [5.41, 5.74) is 3.93. The van der Waals surface area contributed by atoms with Crippen molar-refractivity contribution in [1.82, 2.24) is 5.48 Å². The molecule has 68 valence electrons. The lowest BCUT2D eigenvalue weighted by Gasteiger charge is -2.05. The van der Waals surface area contributed by atoms with Crippen molar-refractivity contribution in [2.45, 2.75) is 18.9 Å². The summed E-state index contributed by atoms with van der Waals surface area (Å²) in [5.74, 6) is -0.166. The summed E-state index contributed by atoms with van der Waals surface area (Å²) in [6, 6.07) is 10.2. The second-order valence-electron chi connectivity index (χ2n) is 3.18. The Morgan fingerprint density at radius 2 is 2.15 bits per heavy atom. The summed E-state index contributed by atoms with van der Waals surface area (Å²) in [4.78, 5) is 15.4. The number of hydrogen-bond acceptors (Lipinski definition) is 3. The van der Waals surface area contributed by atoms with Gasteiger partial charge in [-0.2, -0.15) is 0 Å². The third-order valence-corrected chi connectivity index (χ3v) is 2.08. The average molecular weight is 177 g/mol. The highest BCUT2D eigenvalue weighted by molar-refractivity contribution is 5.71. The Balaban J connectivity index is 1.96. The molecule has 0 aliphatic carbocycles. The number of hydroxylamine groups is 1. The Kier molecular flexibility index (Phi) is 2.27. The molecule has 1 fully saturated rings. The van der Waals surface area contributed by atoms with Gasteiger partial charge in [0.25, 0.3) is 0 Å². The van der Waals surface area contributed by atoms with E-state index in [2.05, 4.69) is 10.3 Å². The van der Waals surface area contributed by atoms with Crippen molar-refractivity contribution in [2.24, 2.45) is 0 Å². The Bertz CT molecular complexity index is 297. The molecule has 1 aromatic rings. The van der Waals surface area contributed by atoms with E-state index in [1.54, 1.807) is 0 Å².